The molecule has 7 nitrogen and oxygen atoms in total. The molecule has 2 saturated heterocycles. The van der Waals surface area contributed by atoms with Gasteiger partial charge in [-0.2, -0.15) is 0 Å². The number of hydrogen-bond donors (Lipinski definition) is 0. The first-order chi connectivity index (χ1) is 19.9. The summed E-state index contributed by atoms with van der Waals surface area (Å²) in [5.41, 5.74) is 2.82. The summed E-state index contributed by atoms with van der Waals surface area (Å²) < 4.78 is 15.8. The van der Waals surface area contributed by atoms with Crippen LogP contribution in [0.15, 0.2) is 65.5 Å². The van der Waals surface area contributed by atoms with Gasteiger partial charge in [0.25, 0.3) is 5.56 Å². The Morgan fingerprint density at radius 3 is 2.63 bits per heavy atom. The molecule has 2 aromatic carbocycles. The van der Waals surface area contributed by atoms with Gasteiger partial charge in [0.05, 0.1) is 11.6 Å². The fraction of sp³-hybridized carbons (Fsp3) is 0.406. The van der Waals surface area contributed by atoms with Crippen LogP contribution in [0.5, 0.6) is 0 Å². The van der Waals surface area contributed by atoms with E-state index in [4.69, 9.17) is 4.98 Å². The van der Waals surface area contributed by atoms with Crippen molar-refractivity contribution in [3.05, 3.63) is 88.2 Å². The van der Waals surface area contributed by atoms with Gasteiger partial charge in [0.1, 0.15) is 16.3 Å². The quantitative estimate of drug-likeness (QED) is 0.290. The summed E-state index contributed by atoms with van der Waals surface area (Å²) in [4.78, 5) is 39.0. The standard InChI is InChI=1S/C32H36FN5O2S/c1-22-34-28-19-29(24-10-12-25(33)13-11-24)41-30(28)31(39)38(22)27-15-18-37(21-27)32(40)35(2)26-14-17-36(20-26)16-6-9-23-7-4-3-5-8-23/h3-5,7-8,10-13,19,26-27H,6,9,14-18,20-21H2,1-2H3/t26-,27-/m0/s1. The number of rotatable bonds is 7. The smallest absolute Gasteiger partial charge is 0.320 e. The molecule has 0 saturated carbocycles. The van der Waals surface area contributed by atoms with Gasteiger partial charge in [-0.1, -0.05) is 42.5 Å². The Labute approximate surface area is 243 Å². The molecule has 2 fully saturated rings. The van der Waals surface area contributed by atoms with Crippen LogP contribution in [-0.2, 0) is 6.42 Å². The van der Waals surface area contributed by atoms with Crippen LogP contribution in [0.4, 0.5) is 9.18 Å². The highest BCUT2D eigenvalue weighted by Gasteiger charge is 2.35. The fourth-order valence-electron chi connectivity index (χ4n) is 6.28. The number of nitrogens with zero attached hydrogens (tertiary/aromatic N) is 5. The average Bonchev–Trinajstić information content (AvgIpc) is 3.74. The van der Waals surface area contributed by atoms with Gasteiger partial charge in [-0.25, -0.2) is 14.2 Å². The molecule has 0 bridgehead atoms. The van der Waals surface area contributed by atoms with Crippen LogP contribution in [-0.4, -0.2) is 76.1 Å². The van der Waals surface area contributed by atoms with E-state index in [0.717, 1.165) is 55.8 Å². The Morgan fingerprint density at radius 2 is 1.85 bits per heavy atom. The normalized spacial score (nSPS) is 19.3. The lowest BCUT2D eigenvalue weighted by atomic mass is 10.1. The molecule has 2 aromatic heterocycles. The van der Waals surface area contributed by atoms with Crippen molar-refractivity contribution in [3.8, 4) is 10.4 Å². The minimum absolute atomic E-state index is 0.0399. The van der Waals surface area contributed by atoms with Crippen molar-refractivity contribution in [1.29, 1.82) is 0 Å². The van der Waals surface area contributed by atoms with Crippen LogP contribution in [0.25, 0.3) is 20.7 Å². The number of benzene rings is 2. The van der Waals surface area contributed by atoms with E-state index in [1.807, 2.05) is 29.8 Å². The molecule has 2 aliphatic heterocycles. The van der Waals surface area contributed by atoms with Crippen molar-refractivity contribution >= 4 is 27.6 Å². The highest BCUT2D eigenvalue weighted by molar-refractivity contribution is 7.22. The van der Waals surface area contributed by atoms with Gasteiger partial charge in [-0.15, -0.1) is 11.3 Å². The molecule has 0 radical (unpaired) electrons. The molecule has 0 aliphatic carbocycles. The molecule has 4 aromatic rings. The lowest BCUT2D eigenvalue weighted by molar-refractivity contribution is 0.154. The van der Waals surface area contributed by atoms with Crippen LogP contribution in [0.3, 0.4) is 0 Å². The second-order valence-electron chi connectivity index (χ2n) is 11.3. The first-order valence-corrected chi connectivity index (χ1v) is 15.3. The number of aryl methyl sites for hydroxylation is 2. The van der Waals surface area contributed by atoms with Crippen LogP contribution in [0, 0.1) is 12.7 Å². The van der Waals surface area contributed by atoms with E-state index in [1.54, 1.807) is 16.7 Å². The first-order valence-electron chi connectivity index (χ1n) is 14.4. The summed E-state index contributed by atoms with van der Waals surface area (Å²) in [7, 11) is 1.92. The summed E-state index contributed by atoms with van der Waals surface area (Å²) >= 11 is 1.39. The lowest BCUT2D eigenvalue weighted by Gasteiger charge is -2.30. The summed E-state index contributed by atoms with van der Waals surface area (Å²) in [6, 6.07) is 18.9. The van der Waals surface area contributed by atoms with E-state index >= 15 is 0 Å². The second-order valence-corrected chi connectivity index (χ2v) is 12.3. The number of fused-ring (bicyclic) bond motifs is 1. The third-order valence-corrected chi connectivity index (χ3v) is 9.73. The molecule has 6 rings (SSSR count). The molecule has 41 heavy (non-hydrogen) atoms. The zero-order valence-corrected chi connectivity index (χ0v) is 24.4. The second kappa shape index (κ2) is 11.7. The van der Waals surface area contributed by atoms with Gasteiger partial charge < -0.3 is 14.7 Å². The van der Waals surface area contributed by atoms with E-state index in [2.05, 4.69) is 35.2 Å². The molecular formula is C32H36FN5O2S. The van der Waals surface area contributed by atoms with Gasteiger partial charge in [-0.05, 0) is 68.5 Å². The lowest BCUT2D eigenvalue weighted by Crippen LogP contribution is -2.46. The maximum absolute atomic E-state index is 13.6. The van der Waals surface area contributed by atoms with Crippen LogP contribution in [0.2, 0.25) is 0 Å². The third-order valence-electron chi connectivity index (χ3n) is 8.56. The first kappa shape index (κ1) is 27.6. The van der Waals surface area contributed by atoms with E-state index in [9.17, 15) is 14.0 Å². The molecule has 2 aliphatic rings. The SMILES string of the molecule is Cc1nc2cc(-c3ccc(F)cc3)sc2c(=O)n1[C@H]1CCN(C(=O)N(C)[C@H]2CCN(CCCc3ccccc3)C2)C1. The summed E-state index contributed by atoms with van der Waals surface area (Å²) in [6.45, 7) is 5.94. The molecular weight excluding hydrogens is 537 g/mol. The number of amides is 2. The molecule has 4 heterocycles. The zero-order chi connectivity index (χ0) is 28.5. The Bertz CT molecular complexity index is 1590. The van der Waals surface area contributed by atoms with E-state index in [1.165, 1.54) is 29.0 Å². The van der Waals surface area contributed by atoms with E-state index in [-0.39, 0.29) is 29.5 Å². The van der Waals surface area contributed by atoms with Crippen molar-refractivity contribution in [1.82, 2.24) is 24.3 Å². The topological polar surface area (TPSA) is 61.7 Å². The van der Waals surface area contributed by atoms with Crippen molar-refractivity contribution in [2.75, 3.05) is 39.8 Å². The molecule has 9 heteroatoms. The van der Waals surface area contributed by atoms with Crippen molar-refractivity contribution in [3.63, 3.8) is 0 Å². The Balaban J connectivity index is 1.08. The number of urea groups is 1. The monoisotopic (exact) mass is 573 g/mol. The molecule has 0 unspecified atom stereocenters. The van der Waals surface area contributed by atoms with Crippen LogP contribution >= 0.6 is 11.3 Å². The molecule has 0 spiro atoms. The van der Waals surface area contributed by atoms with E-state index < -0.39 is 0 Å². The maximum atomic E-state index is 13.6. The van der Waals surface area contributed by atoms with Crippen molar-refractivity contribution in [2.45, 2.75) is 44.7 Å². The summed E-state index contributed by atoms with van der Waals surface area (Å²) in [5, 5.41) is 0. The highest BCUT2D eigenvalue weighted by Crippen LogP contribution is 2.32. The summed E-state index contributed by atoms with van der Waals surface area (Å²) in [6.07, 6.45) is 3.90. The Kier molecular flexibility index (Phi) is 7.90. The number of thiophene rings is 1. The number of carbonyl (C=O) groups excluding carboxylic acids is 1. The Hall–Kier alpha value is -3.56. The molecule has 214 valence electrons. The fourth-order valence-corrected chi connectivity index (χ4v) is 7.32. The van der Waals surface area contributed by atoms with Gasteiger partial charge in [0.2, 0.25) is 0 Å². The van der Waals surface area contributed by atoms with Gasteiger partial charge in [0.15, 0.2) is 0 Å². The number of aromatic nitrogens is 2. The number of likely N-dealkylation sites (N-methyl/N-ethyl adjacent to an activating group) is 1. The Morgan fingerprint density at radius 1 is 1.07 bits per heavy atom. The van der Waals surface area contributed by atoms with Gasteiger partial charge in [-0.3, -0.25) is 9.36 Å². The third kappa shape index (κ3) is 5.78. The maximum Gasteiger partial charge on any atom is 0.320 e. The van der Waals surface area contributed by atoms with Crippen molar-refractivity contribution < 1.29 is 9.18 Å². The van der Waals surface area contributed by atoms with Crippen LogP contribution < -0.4 is 5.56 Å². The highest BCUT2D eigenvalue weighted by atomic mass is 32.1. The molecule has 2 amide bonds. The minimum atomic E-state index is -0.291. The minimum Gasteiger partial charge on any atom is -0.323 e. The largest absolute Gasteiger partial charge is 0.323 e. The van der Waals surface area contributed by atoms with Gasteiger partial charge in [0, 0.05) is 44.1 Å². The number of hydrogen-bond acceptors (Lipinski definition) is 5. The molecule has 2 atom stereocenters. The van der Waals surface area contributed by atoms with Crippen LogP contribution in [0.1, 0.15) is 36.7 Å². The average molecular weight is 574 g/mol. The molecule has 0 N–H and O–H groups in total. The number of carbonyl (C=O) groups is 1. The van der Waals surface area contributed by atoms with Crippen molar-refractivity contribution in [2.24, 2.45) is 0 Å². The number of likely N-dealkylation sites (tertiary alicyclic amines) is 2. The predicted molar refractivity (Wildman–Crippen MR) is 162 cm³/mol. The van der Waals surface area contributed by atoms with Gasteiger partial charge >= 0.3 is 6.03 Å². The van der Waals surface area contributed by atoms with E-state index in [0.29, 0.717) is 29.1 Å². The predicted octanol–water partition coefficient (Wildman–Crippen LogP) is 5.58. The summed E-state index contributed by atoms with van der Waals surface area (Å²) in [5.74, 6) is 0.363. The number of halogens is 1. The zero-order valence-electron chi connectivity index (χ0n) is 23.6.